The average molecular weight is 501 g/mol. The molecule has 2 aromatic rings. The zero-order chi connectivity index (χ0) is 23.8. The molecule has 9 heteroatoms. The molecule has 1 aliphatic heterocycles. The Balaban J connectivity index is 1.29. The van der Waals surface area contributed by atoms with Crippen LogP contribution in [-0.2, 0) is 0 Å². The number of hydrogen-bond acceptors (Lipinski definition) is 6. The third-order valence-electron chi connectivity index (χ3n) is 5.62. The van der Waals surface area contributed by atoms with Gasteiger partial charge in [0.15, 0.2) is 0 Å². The summed E-state index contributed by atoms with van der Waals surface area (Å²) in [6, 6.07) is 9.97. The summed E-state index contributed by atoms with van der Waals surface area (Å²) in [5.74, 6) is 0.659. The molecule has 0 bridgehead atoms. The van der Waals surface area contributed by atoms with Gasteiger partial charge in [-0.3, -0.25) is 0 Å². The first-order valence-electron chi connectivity index (χ1n) is 11.1. The predicted molar refractivity (Wildman–Crippen MR) is 128 cm³/mol. The molecule has 3 N–H and O–H groups in total. The van der Waals surface area contributed by atoms with Crippen molar-refractivity contribution in [1.29, 1.82) is 0 Å². The monoisotopic (exact) mass is 500 g/mol. The lowest BCUT2D eigenvalue weighted by Crippen LogP contribution is -2.47. The fourth-order valence-corrected chi connectivity index (χ4v) is 3.93. The number of aryl methyl sites for hydroxylation is 1. The Hall–Kier alpha value is -1.61. The van der Waals surface area contributed by atoms with Crippen LogP contribution in [0.2, 0.25) is 10.0 Å². The Morgan fingerprint density at radius 3 is 2.30 bits per heavy atom. The highest BCUT2D eigenvalue weighted by atomic mass is 35.5. The molecule has 2 atom stereocenters. The van der Waals surface area contributed by atoms with Crippen molar-refractivity contribution in [1.82, 2.24) is 10.2 Å². The van der Waals surface area contributed by atoms with Crippen molar-refractivity contribution in [2.45, 2.75) is 38.0 Å². The number of nitrogens with zero attached hydrogens (tertiary/aromatic N) is 1. The number of benzene rings is 2. The maximum absolute atomic E-state index is 13.6. The summed E-state index contributed by atoms with van der Waals surface area (Å²) in [5.41, 5.74) is 0.558. The van der Waals surface area contributed by atoms with E-state index in [4.69, 9.17) is 32.7 Å². The van der Waals surface area contributed by atoms with Gasteiger partial charge in [0.1, 0.15) is 42.7 Å². The second-order valence-electron chi connectivity index (χ2n) is 8.40. The topological polar surface area (TPSA) is 74.2 Å². The molecule has 0 aliphatic carbocycles. The maximum Gasteiger partial charge on any atom is 0.129 e. The van der Waals surface area contributed by atoms with Crippen LogP contribution in [0, 0.1) is 12.7 Å². The van der Waals surface area contributed by atoms with E-state index in [9.17, 15) is 14.6 Å². The SMILES string of the molecule is Cc1ccc(OC[C@H](O)CNC2CCN(C[C@H](O)COc3ccc(Cl)c(Cl)c3)CC2)cc1F. The van der Waals surface area contributed by atoms with Crippen LogP contribution in [0.1, 0.15) is 18.4 Å². The first-order chi connectivity index (χ1) is 15.8. The quantitative estimate of drug-likeness (QED) is 0.437. The molecule has 0 unspecified atom stereocenters. The van der Waals surface area contributed by atoms with Crippen molar-refractivity contribution in [3.05, 3.63) is 57.8 Å². The van der Waals surface area contributed by atoms with Gasteiger partial charge in [0, 0.05) is 31.3 Å². The smallest absolute Gasteiger partial charge is 0.129 e. The van der Waals surface area contributed by atoms with Crippen molar-refractivity contribution in [3.8, 4) is 11.5 Å². The molecule has 6 nitrogen and oxygen atoms in total. The second kappa shape index (κ2) is 12.7. The number of nitrogens with one attached hydrogen (secondary N) is 1. The molecular formula is C24H31Cl2FN2O4. The minimum atomic E-state index is -0.687. The summed E-state index contributed by atoms with van der Waals surface area (Å²) >= 11 is 11.9. The number of halogens is 3. The lowest BCUT2D eigenvalue weighted by Gasteiger charge is -2.33. The number of aliphatic hydroxyl groups excluding tert-OH is 2. The highest BCUT2D eigenvalue weighted by molar-refractivity contribution is 6.42. The van der Waals surface area contributed by atoms with Gasteiger partial charge < -0.3 is 29.9 Å². The Morgan fingerprint density at radius 1 is 1.00 bits per heavy atom. The Labute approximate surface area is 204 Å². The van der Waals surface area contributed by atoms with E-state index in [0.29, 0.717) is 40.2 Å². The molecule has 182 valence electrons. The first kappa shape index (κ1) is 26.0. The molecule has 2 aromatic carbocycles. The molecule has 0 aromatic heterocycles. The van der Waals surface area contributed by atoms with Gasteiger partial charge in [-0.2, -0.15) is 0 Å². The highest BCUT2D eigenvalue weighted by Gasteiger charge is 2.22. The lowest BCUT2D eigenvalue weighted by molar-refractivity contribution is 0.0556. The summed E-state index contributed by atoms with van der Waals surface area (Å²) in [7, 11) is 0. The Morgan fingerprint density at radius 2 is 1.64 bits per heavy atom. The largest absolute Gasteiger partial charge is 0.491 e. The van der Waals surface area contributed by atoms with Gasteiger partial charge in [-0.05, 0) is 56.6 Å². The van der Waals surface area contributed by atoms with Gasteiger partial charge >= 0.3 is 0 Å². The molecule has 0 saturated carbocycles. The summed E-state index contributed by atoms with van der Waals surface area (Å²) in [6.45, 7) is 4.58. The number of β-amino-alcohol motifs (C(OH)–C–C–N with tert-alkyl or cyclic N) is 1. The minimum Gasteiger partial charge on any atom is -0.491 e. The van der Waals surface area contributed by atoms with Crippen LogP contribution in [0.25, 0.3) is 0 Å². The van der Waals surface area contributed by atoms with Crippen LogP contribution >= 0.6 is 23.2 Å². The number of aliphatic hydroxyl groups is 2. The third-order valence-corrected chi connectivity index (χ3v) is 6.36. The fourth-order valence-electron chi connectivity index (χ4n) is 3.65. The van der Waals surface area contributed by atoms with Crippen LogP contribution in [0.15, 0.2) is 36.4 Å². The van der Waals surface area contributed by atoms with Gasteiger partial charge in [0.05, 0.1) is 10.0 Å². The molecule has 0 amide bonds. The van der Waals surface area contributed by atoms with E-state index in [1.54, 1.807) is 37.3 Å². The summed E-state index contributed by atoms with van der Waals surface area (Å²) in [6.07, 6.45) is 0.524. The van der Waals surface area contributed by atoms with Crippen molar-refractivity contribution in [2.75, 3.05) is 39.4 Å². The lowest BCUT2D eigenvalue weighted by atomic mass is 10.0. The molecule has 1 fully saturated rings. The summed E-state index contributed by atoms with van der Waals surface area (Å²) in [4.78, 5) is 2.20. The number of piperidine rings is 1. The highest BCUT2D eigenvalue weighted by Crippen LogP contribution is 2.26. The van der Waals surface area contributed by atoms with E-state index in [2.05, 4.69) is 10.2 Å². The zero-order valence-electron chi connectivity index (χ0n) is 18.6. The first-order valence-corrected chi connectivity index (χ1v) is 11.8. The summed E-state index contributed by atoms with van der Waals surface area (Å²) in [5, 5.41) is 24.7. The van der Waals surface area contributed by atoms with E-state index >= 15 is 0 Å². The number of hydrogen-bond donors (Lipinski definition) is 3. The van der Waals surface area contributed by atoms with E-state index in [1.807, 2.05) is 0 Å². The van der Waals surface area contributed by atoms with Crippen LogP contribution in [0.3, 0.4) is 0 Å². The molecule has 1 aliphatic rings. The van der Waals surface area contributed by atoms with E-state index in [0.717, 1.165) is 25.9 Å². The molecule has 1 saturated heterocycles. The molecule has 0 radical (unpaired) electrons. The molecular weight excluding hydrogens is 470 g/mol. The molecule has 3 rings (SSSR count). The zero-order valence-corrected chi connectivity index (χ0v) is 20.2. The maximum atomic E-state index is 13.6. The van der Waals surface area contributed by atoms with E-state index < -0.39 is 12.2 Å². The third kappa shape index (κ3) is 8.59. The molecule has 33 heavy (non-hydrogen) atoms. The summed E-state index contributed by atoms with van der Waals surface area (Å²) < 4.78 is 24.6. The van der Waals surface area contributed by atoms with Gasteiger partial charge in [0.25, 0.3) is 0 Å². The van der Waals surface area contributed by atoms with Crippen LogP contribution in [0.5, 0.6) is 11.5 Å². The Bertz CT molecular complexity index is 897. The molecule has 0 spiro atoms. The number of ether oxygens (including phenoxy) is 2. The Kier molecular flexibility index (Phi) is 10.0. The minimum absolute atomic E-state index is 0.0966. The van der Waals surface area contributed by atoms with Crippen molar-refractivity contribution in [3.63, 3.8) is 0 Å². The normalized spacial score (nSPS) is 17.0. The van der Waals surface area contributed by atoms with Gasteiger partial charge in [-0.25, -0.2) is 4.39 Å². The van der Waals surface area contributed by atoms with Gasteiger partial charge in [-0.1, -0.05) is 29.3 Å². The molecule has 1 heterocycles. The van der Waals surface area contributed by atoms with E-state index in [-0.39, 0.29) is 25.1 Å². The van der Waals surface area contributed by atoms with Crippen LogP contribution in [-0.4, -0.2) is 72.8 Å². The number of likely N-dealkylation sites (tertiary alicyclic amines) is 1. The predicted octanol–water partition coefficient (Wildman–Crippen LogP) is 3.67. The van der Waals surface area contributed by atoms with Gasteiger partial charge in [-0.15, -0.1) is 0 Å². The van der Waals surface area contributed by atoms with Crippen molar-refractivity contribution in [2.24, 2.45) is 0 Å². The van der Waals surface area contributed by atoms with E-state index in [1.165, 1.54) is 6.07 Å². The van der Waals surface area contributed by atoms with Crippen molar-refractivity contribution < 1.29 is 24.1 Å². The van der Waals surface area contributed by atoms with Crippen LogP contribution in [0.4, 0.5) is 4.39 Å². The standard InChI is InChI=1S/C24H31Cl2FN2O4/c1-16-2-3-21(11-24(16)27)32-14-18(30)12-28-17-6-8-29(9-7-17)13-19(31)15-33-20-4-5-22(25)23(26)10-20/h2-5,10-11,17-19,28,30-31H,6-9,12-15H2,1H3/t18-,19+/m1/s1. The fraction of sp³-hybridized carbons (Fsp3) is 0.500. The average Bonchev–Trinajstić information content (AvgIpc) is 2.80. The second-order valence-corrected chi connectivity index (χ2v) is 9.21. The van der Waals surface area contributed by atoms with Gasteiger partial charge in [0.2, 0.25) is 0 Å². The van der Waals surface area contributed by atoms with Crippen LogP contribution < -0.4 is 14.8 Å². The van der Waals surface area contributed by atoms with Crippen molar-refractivity contribution >= 4 is 23.2 Å². The number of rotatable bonds is 11.